The first-order valence-electron chi connectivity index (χ1n) is 7.53. The Bertz CT molecular complexity index is 436. The normalized spacial score (nSPS) is 18.6. The molecule has 0 spiro atoms. The molecule has 1 aliphatic carbocycles. The van der Waals surface area contributed by atoms with E-state index in [2.05, 4.69) is 18.6 Å². The zero-order chi connectivity index (χ0) is 14.6. The maximum absolute atomic E-state index is 12.7. The van der Waals surface area contributed by atoms with Gasteiger partial charge in [-0.25, -0.2) is 0 Å². The molecule has 2 heteroatoms. The van der Waals surface area contributed by atoms with E-state index in [4.69, 9.17) is 4.74 Å². The van der Waals surface area contributed by atoms with E-state index in [1.807, 2.05) is 39.0 Å². The van der Waals surface area contributed by atoms with Crippen LogP contribution in [0.5, 0.6) is 0 Å². The molecule has 0 bridgehead atoms. The Kier molecular flexibility index (Phi) is 4.52. The van der Waals surface area contributed by atoms with Gasteiger partial charge in [0.1, 0.15) is 5.60 Å². The summed E-state index contributed by atoms with van der Waals surface area (Å²) in [4.78, 5) is 12.7. The van der Waals surface area contributed by atoms with Crippen LogP contribution in [0.15, 0.2) is 30.3 Å². The number of ether oxygens (including phenoxy) is 1. The fourth-order valence-electron chi connectivity index (χ4n) is 2.82. The summed E-state index contributed by atoms with van der Waals surface area (Å²) in [7, 11) is 0. The summed E-state index contributed by atoms with van der Waals surface area (Å²) in [5, 5.41) is 0. The van der Waals surface area contributed by atoms with Crippen molar-refractivity contribution < 1.29 is 9.53 Å². The van der Waals surface area contributed by atoms with Crippen molar-refractivity contribution in [3.05, 3.63) is 42.3 Å². The van der Waals surface area contributed by atoms with Gasteiger partial charge in [-0.05, 0) is 52.0 Å². The molecule has 2 rings (SSSR count). The third-order valence-corrected chi connectivity index (χ3v) is 3.78. The molecular formula is C18H25O2. The molecule has 1 saturated carbocycles. The predicted octanol–water partition coefficient (Wildman–Crippen LogP) is 4.34. The Balaban J connectivity index is 2.19. The van der Waals surface area contributed by atoms with E-state index in [-0.39, 0.29) is 5.97 Å². The Labute approximate surface area is 122 Å². The number of carbonyl (C=O) groups excluding carboxylic acids is 1. The van der Waals surface area contributed by atoms with Gasteiger partial charge >= 0.3 is 5.97 Å². The van der Waals surface area contributed by atoms with E-state index in [0.29, 0.717) is 0 Å². The molecule has 1 fully saturated rings. The molecule has 1 radical (unpaired) electrons. The summed E-state index contributed by atoms with van der Waals surface area (Å²) in [5.74, 6) is -0.0615. The number of rotatable bonds is 3. The summed E-state index contributed by atoms with van der Waals surface area (Å²) in [6, 6.07) is 10.2. The minimum Gasteiger partial charge on any atom is -0.460 e. The lowest BCUT2D eigenvalue weighted by Crippen LogP contribution is -2.41. The van der Waals surface area contributed by atoms with Crippen molar-refractivity contribution in [1.82, 2.24) is 0 Å². The first-order chi connectivity index (χ1) is 9.41. The van der Waals surface area contributed by atoms with Crippen LogP contribution in [0.1, 0.15) is 52.0 Å². The highest BCUT2D eigenvalue weighted by Gasteiger charge is 2.42. The zero-order valence-electron chi connectivity index (χ0n) is 12.8. The van der Waals surface area contributed by atoms with Crippen molar-refractivity contribution in [2.24, 2.45) is 5.41 Å². The Morgan fingerprint density at radius 1 is 1.20 bits per heavy atom. The van der Waals surface area contributed by atoms with Crippen molar-refractivity contribution in [2.75, 3.05) is 0 Å². The van der Waals surface area contributed by atoms with Crippen LogP contribution in [0.2, 0.25) is 0 Å². The van der Waals surface area contributed by atoms with Crippen molar-refractivity contribution in [1.29, 1.82) is 0 Å². The van der Waals surface area contributed by atoms with Gasteiger partial charge in [-0.1, -0.05) is 43.2 Å². The second-order valence-electron chi connectivity index (χ2n) is 6.77. The minimum absolute atomic E-state index is 0.0615. The van der Waals surface area contributed by atoms with Gasteiger partial charge in [-0.15, -0.1) is 0 Å². The van der Waals surface area contributed by atoms with Gasteiger partial charge in [-0.2, -0.15) is 0 Å². The van der Waals surface area contributed by atoms with Crippen molar-refractivity contribution in [3.63, 3.8) is 0 Å². The van der Waals surface area contributed by atoms with E-state index in [1.165, 1.54) is 12.0 Å². The first kappa shape index (κ1) is 15.1. The lowest BCUT2D eigenvalue weighted by Gasteiger charge is -2.37. The molecule has 1 atom stereocenters. The van der Waals surface area contributed by atoms with Crippen LogP contribution in [0.25, 0.3) is 0 Å². The smallest absolute Gasteiger partial charge is 0.313 e. The Morgan fingerprint density at radius 2 is 1.90 bits per heavy atom. The third-order valence-electron chi connectivity index (χ3n) is 3.78. The maximum Gasteiger partial charge on any atom is 0.313 e. The van der Waals surface area contributed by atoms with Crippen LogP contribution in [0.3, 0.4) is 0 Å². The summed E-state index contributed by atoms with van der Waals surface area (Å²) >= 11 is 0. The van der Waals surface area contributed by atoms with Gasteiger partial charge < -0.3 is 4.74 Å². The number of hydrogen-bond acceptors (Lipinski definition) is 2. The molecule has 109 valence electrons. The van der Waals surface area contributed by atoms with Crippen LogP contribution < -0.4 is 0 Å². The number of carbonyl (C=O) groups is 1. The minimum atomic E-state index is -0.438. The standard InChI is InChI=1S/C18H25O2/c1-17(2,3)20-16(19)18(12-8-5-9-13-18)14-15-10-6-4-7-11-15/h4,6-7,10-12H,5,8-9,13-14H2,1-3H3. The highest BCUT2D eigenvalue weighted by molar-refractivity contribution is 5.79. The van der Waals surface area contributed by atoms with Crippen LogP contribution >= 0.6 is 0 Å². The van der Waals surface area contributed by atoms with Gasteiger partial charge in [0, 0.05) is 0 Å². The fourth-order valence-corrected chi connectivity index (χ4v) is 2.82. The lowest BCUT2D eigenvalue weighted by molar-refractivity contribution is -0.166. The molecule has 1 aromatic carbocycles. The molecule has 0 N–H and O–H groups in total. The predicted molar refractivity (Wildman–Crippen MR) is 81.2 cm³/mol. The molecule has 20 heavy (non-hydrogen) atoms. The van der Waals surface area contributed by atoms with Gasteiger partial charge in [0.15, 0.2) is 0 Å². The molecule has 0 aromatic heterocycles. The zero-order valence-corrected chi connectivity index (χ0v) is 12.8. The third kappa shape index (κ3) is 3.84. The van der Waals surface area contributed by atoms with E-state index >= 15 is 0 Å². The second-order valence-corrected chi connectivity index (χ2v) is 6.77. The average molecular weight is 273 g/mol. The second kappa shape index (κ2) is 5.99. The SMILES string of the molecule is CC(C)(C)OC(=O)C1(Cc2ccccc2)[CH]CCCC1. The lowest BCUT2D eigenvalue weighted by atomic mass is 9.70. The highest BCUT2D eigenvalue weighted by atomic mass is 16.6. The summed E-state index contributed by atoms with van der Waals surface area (Å²) in [6.45, 7) is 5.80. The van der Waals surface area contributed by atoms with Crippen LogP contribution in [0.4, 0.5) is 0 Å². The molecule has 2 nitrogen and oxygen atoms in total. The fraction of sp³-hybridized carbons (Fsp3) is 0.556. The monoisotopic (exact) mass is 273 g/mol. The van der Waals surface area contributed by atoms with E-state index in [1.54, 1.807) is 0 Å². The van der Waals surface area contributed by atoms with Crippen LogP contribution in [-0.2, 0) is 16.0 Å². The molecule has 0 amide bonds. The molecule has 0 aliphatic heterocycles. The largest absolute Gasteiger partial charge is 0.460 e. The highest BCUT2D eigenvalue weighted by Crippen LogP contribution is 2.40. The van der Waals surface area contributed by atoms with E-state index in [0.717, 1.165) is 25.7 Å². The molecule has 0 saturated heterocycles. The van der Waals surface area contributed by atoms with Gasteiger partial charge in [-0.3, -0.25) is 4.79 Å². The van der Waals surface area contributed by atoms with Crippen molar-refractivity contribution in [2.45, 2.75) is 58.5 Å². The molecule has 0 heterocycles. The van der Waals surface area contributed by atoms with Crippen LogP contribution in [-0.4, -0.2) is 11.6 Å². The quantitative estimate of drug-likeness (QED) is 0.766. The van der Waals surface area contributed by atoms with Crippen LogP contribution in [0, 0.1) is 11.8 Å². The number of hydrogen-bond donors (Lipinski definition) is 0. The van der Waals surface area contributed by atoms with E-state index < -0.39 is 11.0 Å². The van der Waals surface area contributed by atoms with Crippen molar-refractivity contribution in [3.8, 4) is 0 Å². The van der Waals surface area contributed by atoms with Crippen molar-refractivity contribution >= 4 is 5.97 Å². The summed E-state index contributed by atoms with van der Waals surface area (Å²) in [5.41, 5.74) is 0.343. The van der Waals surface area contributed by atoms with Gasteiger partial charge in [0.05, 0.1) is 5.41 Å². The number of benzene rings is 1. The molecule has 1 aliphatic rings. The molecule has 1 aromatic rings. The van der Waals surface area contributed by atoms with Gasteiger partial charge in [0.25, 0.3) is 0 Å². The number of esters is 1. The summed E-state index contributed by atoms with van der Waals surface area (Å²) < 4.78 is 5.68. The maximum atomic E-state index is 12.7. The molecular weight excluding hydrogens is 248 g/mol. The summed E-state index contributed by atoms with van der Waals surface area (Å²) in [6.07, 6.45) is 7.13. The Morgan fingerprint density at radius 3 is 2.45 bits per heavy atom. The van der Waals surface area contributed by atoms with E-state index in [9.17, 15) is 4.79 Å². The topological polar surface area (TPSA) is 26.3 Å². The average Bonchev–Trinajstić information content (AvgIpc) is 2.39. The Hall–Kier alpha value is -1.31. The first-order valence-corrected chi connectivity index (χ1v) is 7.53. The molecule has 1 unspecified atom stereocenters. The van der Waals surface area contributed by atoms with Gasteiger partial charge in [0.2, 0.25) is 0 Å².